The second-order valence-corrected chi connectivity index (χ2v) is 8.95. The van der Waals surface area contributed by atoms with Crippen molar-refractivity contribution in [1.29, 1.82) is 0 Å². The quantitative estimate of drug-likeness (QED) is 0.366. The lowest BCUT2D eigenvalue weighted by Crippen LogP contribution is -2.16. The molecule has 0 fully saturated rings. The molecule has 2 aromatic carbocycles. The summed E-state index contributed by atoms with van der Waals surface area (Å²) in [5.41, 5.74) is 1.72. The highest BCUT2D eigenvalue weighted by atomic mass is 32.1. The molecule has 0 atom stereocenters. The van der Waals surface area contributed by atoms with Crippen LogP contribution in [0.4, 0.5) is 13.9 Å². The zero-order valence-corrected chi connectivity index (χ0v) is 19.2. The number of H-pyrrole nitrogens is 1. The molecule has 0 aliphatic carbocycles. The first kappa shape index (κ1) is 22.5. The Balaban J connectivity index is 1.31. The number of carbonyl (C=O) groups excluding carboxylic acids is 1. The normalized spacial score (nSPS) is 11.2. The number of fused-ring (bicyclic) bond motifs is 1. The van der Waals surface area contributed by atoms with Gasteiger partial charge in [0.25, 0.3) is 5.56 Å². The molecule has 1 amide bonds. The van der Waals surface area contributed by atoms with Crippen LogP contribution in [-0.2, 0) is 11.2 Å². The summed E-state index contributed by atoms with van der Waals surface area (Å²) >= 11 is 1.23. The van der Waals surface area contributed by atoms with E-state index in [1.807, 2.05) is 30.3 Å². The summed E-state index contributed by atoms with van der Waals surface area (Å²) in [7, 11) is 0. The van der Waals surface area contributed by atoms with Gasteiger partial charge in [-0.25, -0.2) is 23.4 Å². The first-order valence-electron chi connectivity index (χ1n) is 10.6. The Morgan fingerprint density at radius 1 is 1.11 bits per heavy atom. The van der Waals surface area contributed by atoms with Crippen LogP contribution in [0.1, 0.15) is 17.1 Å². The Labute approximate surface area is 201 Å². The van der Waals surface area contributed by atoms with Gasteiger partial charge in [-0.05, 0) is 37.3 Å². The van der Waals surface area contributed by atoms with E-state index in [1.54, 1.807) is 11.6 Å². The van der Waals surface area contributed by atoms with E-state index in [0.717, 1.165) is 22.7 Å². The third-order valence-electron chi connectivity index (χ3n) is 5.31. The Morgan fingerprint density at radius 3 is 2.69 bits per heavy atom. The van der Waals surface area contributed by atoms with Crippen molar-refractivity contribution in [3.63, 3.8) is 0 Å². The third kappa shape index (κ3) is 4.58. The van der Waals surface area contributed by atoms with Crippen LogP contribution in [0.3, 0.4) is 0 Å². The molecular weight excluding hydrogens is 474 g/mol. The molecule has 0 saturated carbocycles. The van der Waals surface area contributed by atoms with Gasteiger partial charge >= 0.3 is 0 Å². The van der Waals surface area contributed by atoms with Gasteiger partial charge in [0.1, 0.15) is 11.2 Å². The molecular formula is C24H18F2N6O2S. The summed E-state index contributed by atoms with van der Waals surface area (Å²) in [5.74, 6) is -1.87. The summed E-state index contributed by atoms with van der Waals surface area (Å²) in [6.07, 6.45) is 1.70. The maximum absolute atomic E-state index is 13.6. The molecule has 0 saturated heterocycles. The SMILES string of the molecule is Cc1sc(NC(=O)CCc2nc3c(cnn3-c3ccccc3)c(=O)[nH]2)nc1-c1ccc(F)c(F)c1. The molecule has 3 heterocycles. The van der Waals surface area contributed by atoms with E-state index in [4.69, 9.17) is 0 Å². The minimum Gasteiger partial charge on any atom is -0.310 e. The topological polar surface area (TPSA) is 106 Å². The summed E-state index contributed by atoms with van der Waals surface area (Å²) in [5, 5.41) is 7.68. The molecule has 0 aliphatic rings. The monoisotopic (exact) mass is 492 g/mol. The molecule has 0 bridgehead atoms. The van der Waals surface area contributed by atoms with Crippen molar-refractivity contribution in [3.05, 3.63) is 87.4 Å². The number of anilines is 1. The Morgan fingerprint density at radius 2 is 1.91 bits per heavy atom. The largest absolute Gasteiger partial charge is 0.310 e. The molecule has 2 N–H and O–H groups in total. The van der Waals surface area contributed by atoms with E-state index < -0.39 is 11.6 Å². The van der Waals surface area contributed by atoms with E-state index in [9.17, 15) is 18.4 Å². The number of amides is 1. The summed E-state index contributed by atoms with van der Waals surface area (Å²) in [6.45, 7) is 1.78. The molecule has 0 radical (unpaired) electrons. The molecule has 5 rings (SSSR count). The molecule has 5 aromatic rings. The number of hydrogen-bond donors (Lipinski definition) is 2. The molecule has 0 spiro atoms. The number of thiazole rings is 1. The number of nitrogens with zero attached hydrogens (tertiary/aromatic N) is 4. The fourth-order valence-electron chi connectivity index (χ4n) is 3.62. The first-order chi connectivity index (χ1) is 16.9. The second-order valence-electron chi connectivity index (χ2n) is 7.74. The van der Waals surface area contributed by atoms with Crippen LogP contribution >= 0.6 is 11.3 Å². The predicted octanol–water partition coefficient (Wildman–Crippen LogP) is 4.39. The Kier molecular flexibility index (Phi) is 5.91. The number of hydrogen-bond acceptors (Lipinski definition) is 6. The lowest BCUT2D eigenvalue weighted by atomic mass is 10.1. The highest BCUT2D eigenvalue weighted by Gasteiger charge is 2.16. The van der Waals surface area contributed by atoms with Gasteiger partial charge in [-0.3, -0.25) is 9.59 Å². The molecule has 8 nitrogen and oxygen atoms in total. The Bertz CT molecular complexity index is 1610. The highest BCUT2D eigenvalue weighted by Crippen LogP contribution is 2.31. The minimum atomic E-state index is -0.965. The number of benzene rings is 2. The van der Waals surface area contributed by atoms with Crippen molar-refractivity contribution in [1.82, 2.24) is 24.7 Å². The molecule has 35 heavy (non-hydrogen) atoms. The number of halogens is 2. The molecule has 11 heteroatoms. The predicted molar refractivity (Wildman–Crippen MR) is 129 cm³/mol. The van der Waals surface area contributed by atoms with Crippen molar-refractivity contribution >= 4 is 33.4 Å². The van der Waals surface area contributed by atoms with Gasteiger partial charge in [-0.2, -0.15) is 5.10 Å². The molecule has 0 unspecified atom stereocenters. The van der Waals surface area contributed by atoms with Gasteiger partial charge in [-0.1, -0.05) is 18.2 Å². The number of nitrogens with one attached hydrogen (secondary N) is 2. The van der Waals surface area contributed by atoms with Crippen LogP contribution in [0.2, 0.25) is 0 Å². The van der Waals surface area contributed by atoms with Crippen LogP contribution in [0, 0.1) is 18.6 Å². The Hall–Kier alpha value is -4.25. The maximum atomic E-state index is 13.6. The van der Waals surface area contributed by atoms with Crippen molar-refractivity contribution in [2.24, 2.45) is 0 Å². The first-order valence-corrected chi connectivity index (χ1v) is 11.5. The van der Waals surface area contributed by atoms with Crippen LogP contribution in [0.15, 0.2) is 59.5 Å². The second kappa shape index (κ2) is 9.18. The van der Waals surface area contributed by atoms with Crippen molar-refractivity contribution in [2.45, 2.75) is 19.8 Å². The smallest absolute Gasteiger partial charge is 0.262 e. The average Bonchev–Trinajstić information content (AvgIpc) is 3.43. The van der Waals surface area contributed by atoms with Gasteiger partial charge in [-0.15, -0.1) is 11.3 Å². The van der Waals surface area contributed by atoms with Crippen LogP contribution in [0.5, 0.6) is 0 Å². The van der Waals surface area contributed by atoms with E-state index >= 15 is 0 Å². The van der Waals surface area contributed by atoms with Crippen molar-refractivity contribution in [2.75, 3.05) is 5.32 Å². The zero-order chi connectivity index (χ0) is 24.5. The lowest BCUT2D eigenvalue weighted by Gasteiger charge is -2.05. The van der Waals surface area contributed by atoms with Gasteiger partial charge in [0.15, 0.2) is 22.4 Å². The van der Waals surface area contributed by atoms with E-state index in [-0.39, 0.29) is 24.3 Å². The number of aromatic amines is 1. The summed E-state index contributed by atoms with van der Waals surface area (Å²) < 4.78 is 28.4. The summed E-state index contributed by atoms with van der Waals surface area (Å²) in [6, 6.07) is 12.9. The van der Waals surface area contributed by atoms with Crippen molar-refractivity contribution in [3.8, 4) is 16.9 Å². The van der Waals surface area contributed by atoms with Gasteiger partial charge in [0, 0.05) is 23.3 Å². The van der Waals surface area contributed by atoms with Crippen LogP contribution < -0.4 is 10.9 Å². The minimum absolute atomic E-state index is 0.0487. The van der Waals surface area contributed by atoms with Gasteiger partial charge in [0.2, 0.25) is 5.91 Å². The van der Waals surface area contributed by atoms with Crippen molar-refractivity contribution < 1.29 is 13.6 Å². The van der Waals surface area contributed by atoms with E-state index in [2.05, 4.69) is 25.4 Å². The standard InChI is InChI=1S/C24H18F2N6O2S/c1-13-21(14-7-8-17(25)18(26)11-14)31-24(35-13)30-20(33)10-9-19-28-22-16(23(34)29-19)12-27-32(22)15-5-3-2-4-6-15/h2-8,11-12H,9-10H2,1H3,(H,28,29,34)(H,30,31,33). The van der Waals surface area contributed by atoms with Crippen LogP contribution in [-0.4, -0.2) is 30.6 Å². The van der Waals surface area contributed by atoms with Crippen LogP contribution in [0.25, 0.3) is 28.0 Å². The lowest BCUT2D eigenvalue weighted by molar-refractivity contribution is -0.116. The number of aromatic nitrogens is 5. The third-order valence-corrected chi connectivity index (χ3v) is 6.20. The molecule has 176 valence electrons. The average molecular weight is 493 g/mol. The molecule has 3 aromatic heterocycles. The molecule has 0 aliphatic heterocycles. The number of carbonyl (C=O) groups is 1. The fraction of sp³-hybridized carbons (Fsp3) is 0.125. The zero-order valence-electron chi connectivity index (χ0n) is 18.4. The van der Waals surface area contributed by atoms with E-state index in [1.165, 1.54) is 23.6 Å². The number of aryl methyl sites for hydroxylation is 2. The fourth-order valence-corrected chi connectivity index (χ4v) is 4.47. The van der Waals surface area contributed by atoms with Gasteiger partial charge < -0.3 is 10.3 Å². The highest BCUT2D eigenvalue weighted by molar-refractivity contribution is 7.16. The van der Waals surface area contributed by atoms with Gasteiger partial charge in [0.05, 0.1) is 17.6 Å². The number of rotatable bonds is 6. The number of para-hydroxylation sites is 1. The summed E-state index contributed by atoms with van der Waals surface area (Å²) in [4.78, 5) is 37.3. The maximum Gasteiger partial charge on any atom is 0.262 e. The van der Waals surface area contributed by atoms with E-state index in [0.29, 0.717) is 33.2 Å².